The average Bonchev–Trinajstić information content (AvgIpc) is 3.29. The number of aliphatic hydroxyl groups excluding tert-OH is 3. The first-order valence-corrected chi connectivity index (χ1v) is 9.51. The minimum absolute atomic E-state index is 0.0239. The predicted octanol–water partition coefficient (Wildman–Crippen LogP) is -0.317. The van der Waals surface area contributed by atoms with E-state index in [0.717, 1.165) is 11.3 Å². The fourth-order valence-corrected chi connectivity index (χ4v) is 3.58. The van der Waals surface area contributed by atoms with Crippen molar-refractivity contribution in [2.45, 2.75) is 31.0 Å². The van der Waals surface area contributed by atoms with Gasteiger partial charge in [-0.1, -0.05) is 18.2 Å². The minimum Gasteiger partial charge on any atom is -0.496 e. The van der Waals surface area contributed by atoms with Crippen LogP contribution in [0.15, 0.2) is 30.6 Å². The molecule has 3 heterocycles. The number of nitrogen functional groups attached to an aromatic ring is 1. The highest BCUT2D eigenvalue weighted by atomic mass is 16.6. The molecule has 0 spiro atoms. The Bertz CT molecular complexity index is 1030. The van der Waals surface area contributed by atoms with Crippen LogP contribution in [0.25, 0.3) is 11.2 Å². The van der Waals surface area contributed by atoms with Gasteiger partial charge in [0.1, 0.15) is 24.1 Å². The molecule has 0 radical (unpaired) electrons. The quantitative estimate of drug-likeness (QED) is 0.345. The molecule has 4 atom stereocenters. The van der Waals surface area contributed by atoms with Gasteiger partial charge in [0.2, 0.25) is 5.95 Å². The maximum atomic E-state index is 10.3. The molecule has 1 aromatic carbocycles. The van der Waals surface area contributed by atoms with Crippen LogP contribution >= 0.6 is 0 Å². The molecule has 0 unspecified atom stereocenters. The first kappa shape index (κ1) is 20.3. The summed E-state index contributed by atoms with van der Waals surface area (Å²) in [5, 5.41) is 32.9. The fraction of sp³-hybridized carbons (Fsp3) is 0.421. The molecule has 11 heteroatoms. The third-order valence-corrected chi connectivity index (χ3v) is 5.11. The van der Waals surface area contributed by atoms with Crippen LogP contribution < -0.4 is 15.8 Å². The summed E-state index contributed by atoms with van der Waals surface area (Å²) in [4.78, 5) is 12.8. The van der Waals surface area contributed by atoms with Crippen molar-refractivity contribution in [3.63, 3.8) is 0 Å². The predicted molar refractivity (Wildman–Crippen MR) is 108 cm³/mol. The SMILES string of the molecule is COc1ccccc1CCNc1nc(N)nc2c1ncn2[C@@H]1O[C@H](CO)[C@@H](O)[C@H]1O. The van der Waals surface area contributed by atoms with Crippen LogP contribution in [0.4, 0.5) is 11.8 Å². The van der Waals surface area contributed by atoms with Crippen LogP contribution in [0.1, 0.15) is 11.8 Å². The summed E-state index contributed by atoms with van der Waals surface area (Å²) in [5.41, 5.74) is 7.71. The second kappa shape index (κ2) is 8.40. The van der Waals surface area contributed by atoms with Crippen LogP contribution in [0.5, 0.6) is 5.75 Å². The fourth-order valence-electron chi connectivity index (χ4n) is 3.58. The molecule has 6 N–H and O–H groups in total. The maximum Gasteiger partial charge on any atom is 0.224 e. The van der Waals surface area contributed by atoms with Crippen LogP contribution in [0, 0.1) is 0 Å². The smallest absolute Gasteiger partial charge is 0.224 e. The van der Waals surface area contributed by atoms with E-state index in [0.29, 0.717) is 29.9 Å². The lowest BCUT2D eigenvalue weighted by atomic mass is 10.1. The Morgan fingerprint density at radius 1 is 1.23 bits per heavy atom. The standard InChI is InChI=1S/C19H24N6O5/c1-29-11-5-3-2-4-10(11)6-7-21-16-13-17(24-19(20)23-16)25(9-22-13)18-15(28)14(27)12(8-26)30-18/h2-5,9,12,14-15,18,26-28H,6-8H2,1H3,(H3,20,21,23,24)/t12-,14-,15-,18-/m1/s1. The Labute approximate surface area is 172 Å². The van der Waals surface area contributed by atoms with E-state index in [1.54, 1.807) is 7.11 Å². The van der Waals surface area contributed by atoms with Gasteiger partial charge in [-0.15, -0.1) is 0 Å². The molecule has 1 aliphatic rings. The Morgan fingerprint density at radius 2 is 2.03 bits per heavy atom. The second-order valence-corrected chi connectivity index (χ2v) is 6.97. The molecule has 30 heavy (non-hydrogen) atoms. The monoisotopic (exact) mass is 416 g/mol. The average molecular weight is 416 g/mol. The zero-order valence-electron chi connectivity index (χ0n) is 16.3. The van der Waals surface area contributed by atoms with Gasteiger partial charge in [-0.2, -0.15) is 9.97 Å². The van der Waals surface area contributed by atoms with Crippen molar-refractivity contribution >= 4 is 22.9 Å². The molecular weight excluding hydrogens is 392 g/mol. The number of nitrogens with zero attached hydrogens (tertiary/aromatic N) is 4. The van der Waals surface area contributed by atoms with Gasteiger partial charge in [0.25, 0.3) is 0 Å². The molecule has 0 saturated carbocycles. The molecule has 4 rings (SSSR count). The highest BCUT2D eigenvalue weighted by Gasteiger charge is 2.44. The highest BCUT2D eigenvalue weighted by Crippen LogP contribution is 2.32. The third-order valence-electron chi connectivity index (χ3n) is 5.11. The zero-order chi connectivity index (χ0) is 21.3. The normalized spacial score (nSPS) is 23.7. The number of imidazole rings is 1. The Kier molecular flexibility index (Phi) is 5.68. The summed E-state index contributed by atoms with van der Waals surface area (Å²) in [6, 6.07) is 7.75. The largest absolute Gasteiger partial charge is 0.496 e. The van der Waals surface area contributed by atoms with Crippen molar-refractivity contribution < 1.29 is 24.8 Å². The number of methoxy groups -OCH3 is 1. The van der Waals surface area contributed by atoms with Gasteiger partial charge >= 0.3 is 0 Å². The van der Waals surface area contributed by atoms with Crippen LogP contribution in [-0.2, 0) is 11.2 Å². The van der Waals surface area contributed by atoms with Crippen molar-refractivity contribution in [3.05, 3.63) is 36.2 Å². The number of aliphatic hydroxyl groups is 3. The summed E-state index contributed by atoms with van der Waals surface area (Å²) in [7, 11) is 1.63. The molecule has 0 amide bonds. The van der Waals surface area contributed by atoms with E-state index in [1.807, 2.05) is 24.3 Å². The van der Waals surface area contributed by atoms with Gasteiger partial charge in [-0.25, -0.2) is 4.98 Å². The van der Waals surface area contributed by atoms with E-state index in [1.165, 1.54) is 10.9 Å². The van der Waals surface area contributed by atoms with Crippen molar-refractivity contribution in [1.29, 1.82) is 0 Å². The van der Waals surface area contributed by atoms with Gasteiger partial charge in [-0.05, 0) is 18.1 Å². The molecule has 3 aromatic rings. The molecule has 1 fully saturated rings. The number of fused-ring (bicyclic) bond motifs is 1. The number of nitrogens with one attached hydrogen (secondary N) is 1. The second-order valence-electron chi connectivity index (χ2n) is 6.97. The first-order valence-electron chi connectivity index (χ1n) is 9.51. The Balaban J connectivity index is 1.57. The van der Waals surface area contributed by atoms with Crippen molar-refractivity contribution in [2.75, 3.05) is 31.3 Å². The number of anilines is 2. The van der Waals surface area contributed by atoms with Gasteiger partial charge in [0.05, 0.1) is 20.0 Å². The number of ether oxygens (including phenoxy) is 2. The summed E-state index contributed by atoms with van der Waals surface area (Å²) in [5.74, 6) is 1.27. The molecule has 1 saturated heterocycles. The lowest BCUT2D eigenvalue weighted by molar-refractivity contribution is -0.0511. The summed E-state index contributed by atoms with van der Waals surface area (Å²) < 4.78 is 12.4. The van der Waals surface area contributed by atoms with E-state index < -0.39 is 31.1 Å². The number of aromatic nitrogens is 4. The molecule has 0 aliphatic carbocycles. The van der Waals surface area contributed by atoms with Gasteiger partial charge in [0.15, 0.2) is 23.2 Å². The Hall–Kier alpha value is -2.99. The van der Waals surface area contributed by atoms with E-state index in [-0.39, 0.29) is 5.95 Å². The molecule has 160 valence electrons. The van der Waals surface area contributed by atoms with Crippen molar-refractivity contribution in [2.24, 2.45) is 0 Å². The van der Waals surface area contributed by atoms with Gasteiger partial charge in [0, 0.05) is 6.54 Å². The van der Waals surface area contributed by atoms with Crippen LogP contribution in [0.3, 0.4) is 0 Å². The zero-order valence-corrected chi connectivity index (χ0v) is 16.3. The minimum atomic E-state index is -1.25. The number of hydrogen-bond acceptors (Lipinski definition) is 10. The van der Waals surface area contributed by atoms with E-state index in [4.69, 9.17) is 15.2 Å². The summed E-state index contributed by atoms with van der Waals surface area (Å²) in [6.07, 6.45) is -2.22. The first-order chi connectivity index (χ1) is 14.5. The molecule has 11 nitrogen and oxygen atoms in total. The van der Waals surface area contributed by atoms with Gasteiger partial charge in [-0.3, -0.25) is 4.57 Å². The van der Waals surface area contributed by atoms with Crippen molar-refractivity contribution in [1.82, 2.24) is 19.5 Å². The summed E-state index contributed by atoms with van der Waals surface area (Å²) >= 11 is 0. The maximum absolute atomic E-state index is 10.3. The highest BCUT2D eigenvalue weighted by molar-refractivity contribution is 5.84. The Morgan fingerprint density at radius 3 is 2.77 bits per heavy atom. The topological polar surface area (TPSA) is 161 Å². The van der Waals surface area contributed by atoms with Crippen LogP contribution in [-0.4, -0.2) is 73.4 Å². The van der Waals surface area contributed by atoms with Crippen LogP contribution in [0.2, 0.25) is 0 Å². The summed E-state index contributed by atoms with van der Waals surface area (Å²) in [6.45, 7) is 0.126. The number of rotatable bonds is 7. The number of benzene rings is 1. The number of para-hydroxylation sites is 1. The third kappa shape index (κ3) is 3.63. The number of hydrogen-bond donors (Lipinski definition) is 5. The van der Waals surface area contributed by atoms with E-state index in [9.17, 15) is 15.3 Å². The lowest BCUT2D eigenvalue weighted by Gasteiger charge is -2.16. The molecule has 1 aliphatic heterocycles. The number of nitrogens with two attached hydrogens (primary N) is 1. The molecule has 2 aromatic heterocycles. The van der Waals surface area contributed by atoms with Gasteiger partial charge < -0.3 is 35.8 Å². The van der Waals surface area contributed by atoms with E-state index >= 15 is 0 Å². The van der Waals surface area contributed by atoms with Crippen molar-refractivity contribution in [3.8, 4) is 5.75 Å². The molecular formula is C19H24N6O5. The van der Waals surface area contributed by atoms with E-state index in [2.05, 4.69) is 20.3 Å². The molecule has 0 bridgehead atoms. The lowest BCUT2D eigenvalue weighted by Crippen LogP contribution is -2.33.